The Hall–Kier alpha value is -1.38. The molecule has 0 saturated carbocycles. The summed E-state index contributed by atoms with van der Waals surface area (Å²) in [6, 6.07) is 5.00. The Morgan fingerprint density at radius 2 is 2.33 bits per heavy atom. The zero-order chi connectivity index (χ0) is 13.5. The molecule has 0 aliphatic rings. The number of anilines is 1. The Morgan fingerprint density at radius 1 is 1.61 bits per heavy atom. The second-order valence-corrected chi connectivity index (χ2v) is 4.63. The third-order valence-electron chi connectivity index (χ3n) is 2.11. The highest BCUT2D eigenvalue weighted by Gasteiger charge is 2.10. The van der Waals surface area contributed by atoms with Crippen molar-refractivity contribution in [2.45, 2.75) is 6.92 Å². The third-order valence-corrected chi connectivity index (χ3v) is 2.89. The van der Waals surface area contributed by atoms with E-state index in [4.69, 9.17) is 10.00 Å². The van der Waals surface area contributed by atoms with Crippen LogP contribution in [0.5, 0.6) is 0 Å². The Balaban J connectivity index is 2.51. The van der Waals surface area contributed by atoms with Crippen molar-refractivity contribution in [1.29, 1.82) is 5.26 Å². The van der Waals surface area contributed by atoms with Crippen molar-refractivity contribution in [2.75, 3.05) is 25.1 Å². The first-order valence-electron chi connectivity index (χ1n) is 5.40. The largest absolute Gasteiger partial charge is 0.380 e. The van der Waals surface area contributed by atoms with E-state index in [1.165, 1.54) is 6.07 Å². The highest BCUT2D eigenvalue weighted by molar-refractivity contribution is 9.10. The number of nitrogens with zero attached hydrogens (tertiary/aromatic N) is 1. The van der Waals surface area contributed by atoms with Crippen LogP contribution in [0.15, 0.2) is 28.8 Å². The smallest absolute Gasteiger partial charge is 0.161 e. The molecule has 0 aromatic heterocycles. The van der Waals surface area contributed by atoms with Gasteiger partial charge in [-0.25, -0.2) is 4.39 Å². The lowest BCUT2D eigenvalue weighted by Crippen LogP contribution is -2.11. The van der Waals surface area contributed by atoms with Crippen LogP contribution in [0.3, 0.4) is 0 Å². The van der Waals surface area contributed by atoms with Crippen molar-refractivity contribution >= 4 is 21.6 Å². The molecular formula is C13H14BrFN2O. The van der Waals surface area contributed by atoms with Gasteiger partial charge in [0, 0.05) is 6.54 Å². The van der Waals surface area contributed by atoms with E-state index in [2.05, 4.69) is 27.8 Å². The topological polar surface area (TPSA) is 45.0 Å². The molecule has 18 heavy (non-hydrogen) atoms. The zero-order valence-electron chi connectivity index (χ0n) is 10.1. The quantitative estimate of drug-likeness (QED) is 0.646. The minimum absolute atomic E-state index is 0.179. The average Bonchev–Trinajstić information content (AvgIpc) is 2.33. The van der Waals surface area contributed by atoms with Crippen LogP contribution in [0.2, 0.25) is 0 Å². The Kier molecular flexibility index (Phi) is 5.83. The standard InChI is InChI=1S/C13H14BrFN2O/c1-9(2)8-18-6-5-17-11-4-3-10(7-16)12(14)13(11)15/h3-4,17H,1,5-6,8H2,2H3. The van der Waals surface area contributed by atoms with E-state index in [-0.39, 0.29) is 10.0 Å². The first-order chi connectivity index (χ1) is 8.56. The summed E-state index contributed by atoms with van der Waals surface area (Å²) in [7, 11) is 0. The summed E-state index contributed by atoms with van der Waals surface area (Å²) in [5, 5.41) is 11.6. The molecule has 1 aromatic carbocycles. The maximum atomic E-state index is 13.8. The molecule has 96 valence electrons. The summed E-state index contributed by atoms with van der Waals surface area (Å²) >= 11 is 3.05. The second-order valence-electron chi connectivity index (χ2n) is 3.84. The number of rotatable bonds is 6. The number of hydrogen-bond acceptors (Lipinski definition) is 3. The van der Waals surface area contributed by atoms with Gasteiger partial charge in [0.05, 0.1) is 28.9 Å². The third kappa shape index (κ3) is 4.13. The SMILES string of the molecule is C=C(C)COCCNc1ccc(C#N)c(Br)c1F. The van der Waals surface area contributed by atoms with E-state index < -0.39 is 5.82 Å². The highest BCUT2D eigenvalue weighted by atomic mass is 79.9. The molecule has 5 heteroatoms. The maximum Gasteiger partial charge on any atom is 0.161 e. The molecule has 3 nitrogen and oxygen atoms in total. The van der Waals surface area contributed by atoms with Crippen LogP contribution in [-0.2, 0) is 4.74 Å². The fraction of sp³-hybridized carbons (Fsp3) is 0.308. The van der Waals surface area contributed by atoms with E-state index in [1.807, 2.05) is 13.0 Å². The van der Waals surface area contributed by atoms with E-state index in [9.17, 15) is 4.39 Å². The van der Waals surface area contributed by atoms with Gasteiger partial charge in [-0.3, -0.25) is 0 Å². The molecule has 1 N–H and O–H groups in total. The highest BCUT2D eigenvalue weighted by Crippen LogP contribution is 2.26. The van der Waals surface area contributed by atoms with Crippen LogP contribution in [0, 0.1) is 17.1 Å². The van der Waals surface area contributed by atoms with Gasteiger partial charge in [0.2, 0.25) is 0 Å². The van der Waals surface area contributed by atoms with Crippen LogP contribution in [0.4, 0.5) is 10.1 Å². The molecule has 0 atom stereocenters. The molecule has 0 amide bonds. The molecule has 0 fully saturated rings. The van der Waals surface area contributed by atoms with Crippen molar-refractivity contribution in [3.8, 4) is 6.07 Å². The molecule has 1 rings (SSSR count). The Morgan fingerprint density at radius 3 is 2.94 bits per heavy atom. The number of ether oxygens (including phenoxy) is 1. The molecule has 0 bridgehead atoms. The van der Waals surface area contributed by atoms with Crippen LogP contribution < -0.4 is 5.32 Å². The number of nitriles is 1. The van der Waals surface area contributed by atoms with Crippen molar-refractivity contribution in [1.82, 2.24) is 0 Å². The first-order valence-corrected chi connectivity index (χ1v) is 6.19. The van der Waals surface area contributed by atoms with Crippen LogP contribution in [0.1, 0.15) is 12.5 Å². The lowest BCUT2D eigenvalue weighted by molar-refractivity contribution is 0.167. The number of halogens is 2. The van der Waals surface area contributed by atoms with Gasteiger partial charge >= 0.3 is 0 Å². The summed E-state index contributed by atoms with van der Waals surface area (Å²) in [5.74, 6) is -0.464. The van der Waals surface area contributed by atoms with Gasteiger partial charge in [-0.2, -0.15) is 5.26 Å². The molecule has 0 radical (unpaired) electrons. The van der Waals surface area contributed by atoms with Crippen LogP contribution in [-0.4, -0.2) is 19.8 Å². The predicted molar refractivity (Wildman–Crippen MR) is 72.9 cm³/mol. The van der Waals surface area contributed by atoms with Gasteiger partial charge in [0.1, 0.15) is 6.07 Å². The summed E-state index contributed by atoms with van der Waals surface area (Å²) in [6.07, 6.45) is 0. The maximum absolute atomic E-state index is 13.8. The minimum atomic E-state index is -0.464. The monoisotopic (exact) mass is 312 g/mol. The van der Waals surface area contributed by atoms with E-state index in [0.717, 1.165) is 5.57 Å². The Bertz CT molecular complexity index is 483. The predicted octanol–water partition coefficient (Wildman–Crippen LogP) is 3.46. The normalized spacial score (nSPS) is 9.89. The number of benzene rings is 1. The summed E-state index contributed by atoms with van der Waals surface area (Å²) in [4.78, 5) is 0. The molecular weight excluding hydrogens is 299 g/mol. The number of hydrogen-bond donors (Lipinski definition) is 1. The molecule has 1 aromatic rings. The molecule has 0 spiro atoms. The van der Waals surface area contributed by atoms with E-state index in [1.54, 1.807) is 6.07 Å². The van der Waals surface area contributed by atoms with Gasteiger partial charge in [-0.1, -0.05) is 12.2 Å². The van der Waals surface area contributed by atoms with Crippen LogP contribution >= 0.6 is 15.9 Å². The summed E-state index contributed by atoms with van der Waals surface area (Å²) < 4.78 is 19.2. The first kappa shape index (κ1) is 14.7. The van der Waals surface area contributed by atoms with Gasteiger partial charge < -0.3 is 10.1 Å². The summed E-state index contributed by atoms with van der Waals surface area (Å²) in [5.41, 5.74) is 1.57. The van der Waals surface area contributed by atoms with Gasteiger partial charge in [0.15, 0.2) is 5.82 Å². The molecule has 0 aliphatic heterocycles. The zero-order valence-corrected chi connectivity index (χ0v) is 11.7. The lowest BCUT2D eigenvalue weighted by Gasteiger charge is -2.09. The van der Waals surface area contributed by atoms with Gasteiger partial charge in [-0.15, -0.1) is 0 Å². The molecule has 0 unspecified atom stereocenters. The molecule has 0 saturated heterocycles. The second kappa shape index (κ2) is 7.14. The lowest BCUT2D eigenvalue weighted by atomic mass is 10.2. The average molecular weight is 313 g/mol. The van der Waals surface area contributed by atoms with Crippen LogP contribution in [0.25, 0.3) is 0 Å². The van der Waals surface area contributed by atoms with Crippen molar-refractivity contribution in [3.05, 3.63) is 40.1 Å². The van der Waals surface area contributed by atoms with Crippen molar-refractivity contribution in [3.63, 3.8) is 0 Å². The van der Waals surface area contributed by atoms with Gasteiger partial charge in [-0.05, 0) is 35.0 Å². The summed E-state index contributed by atoms with van der Waals surface area (Å²) in [6.45, 7) is 7.05. The molecule has 0 heterocycles. The van der Waals surface area contributed by atoms with Crippen molar-refractivity contribution < 1.29 is 9.13 Å². The van der Waals surface area contributed by atoms with E-state index in [0.29, 0.717) is 25.4 Å². The van der Waals surface area contributed by atoms with Gasteiger partial charge in [0.25, 0.3) is 0 Å². The minimum Gasteiger partial charge on any atom is -0.380 e. The van der Waals surface area contributed by atoms with Crippen molar-refractivity contribution in [2.24, 2.45) is 0 Å². The fourth-order valence-electron chi connectivity index (χ4n) is 1.28. The number of nitrogens with one attached hydrogen (secondary N) is 1. The Labute approximate surface area is 114 Å². The molecule has 0 aliphatic carbocycles. The fourth-order valence-corrected chi connectivity index (χ4v) is 1.71. The van der Waals surface area contributed by atoms with E-state index >= 15 is 0 Å².